The number of hydroxylamine groups is 1. The van der Waals surface area contributed by atoms with Crippen molar-refractivity contribution in [2.24, 2.45) is 0 Å². The molecule has 1 unspecified atom stereocenters. The van der Waals surface area contributed by atoms with Crippen molar-refractivity contribution in [3.63, 3.8) is 0 Å². The SMILES string of the molecule is [CH2]c1ccc(C#Cc2cc3n(c2)C(=O)N(CCC(C)(C(=O)NO)S(C)(=O)=O)C3)cc1. The summed E-state index contributed by atoms with van der Waals surface area (Å²) in [6, 6.07) is 8.95. The summed E-state index contributed by atoms with van der Waals surface area (Å²) >= 11 is 0. The van der Waals surface area contributed by atoms with Crippen LogP contribution in [0.4, 0.5) is 4.79 Å². The maximum atomic E-state index is 12.7. The van der Waals surface area contributed by atoms with Crippen molar-refractivity contribution in [3.8, 4) is 11.8 Å². The molecule has 0 aliphatic carbocycles. The van der Waals surface area contributed by atoms with Crippen molar-refractivity contribution in [3.05, 3.63) is 65.8 Å². The zero-order valence-electron chi connectivity index (χ0n) is 16.7. The number of aromatic nitrogens is 1. The highest BCUT2D eigenvalue weighted by Crippen LogP contribution is 2.25. The maximum absolute atomic E-state index is 12.7. The first-order valence-electron chi connectivity index (χ1n) is 9.14. The monoisotopic (exact) mass is 428 g/mol. The van der Waals surface area contributed by atoms with E-state index in [9.17, 15) is 18.0 Å². The van der Waals surface area contributed by atoms with E-state index in [1.165, 1.54) is 21.9 Å². The molecular weight excluding hydrogens is 406 g/mol. The molecule has 9 heteroatoms. The Hall–Kier alpha value is -3.09. The lowest BCUT2D eigenvalue weighted by Crippen LogP contribution is -2.50. The third-order valence-corrected chi connectivity index (χ3v) is 7.32. The Kier molecular flexibility index (Phi) is 5.74. The van der Waals surface area contributed by atoms with Crippen molar-refractivity contribution in [2.75, 3.05) is 12.8 Å². The normalized spacial score (nSPS) is 15.2. The summed E-state index contributed by atoms with van der Waals surface area (Å²) in [5, 5.41) is 8.90. The molecule has 2 N–H and O–H groups in total. The number of carbonyl (C=O) groups excluding carboxylic acids is 2. The fourth-order valence-electron chi connectivity index (χ4n) is 3.13. The summed E-state index contributed by atoms with van der Waals surface area (Å²) < 4.78 is 23.7. The Morgan fingerprint density at radius 2 is 1.90 bits per heavy atom. The fourth-order valence-corrected chi connectivity index (χ4v) is 3.98. The van der Waals surface area contributed by atoms with Crippen LogP contribution in [0.5, 0.6) is 0 Å². The van der Waals surface area contributed by atoms with E-state index in [0.29, 0.717) is 5.56 Å². The third kappa shape index (κ3) is 4.10. The minimum atomic E-state index is -3.82. The van der Waals surface area contributed by atoms with Crippen LogP contribution in [0.25, 0.3) is 0 Å². The van der Waals surface area contributed by atoms with Crippen LogP contribution in [0.15, 0.2) is 36.5 Å². The van der Waals surface area contributed by atoms with Gasteiger partial charge in [0.05, 0.1) is 6.54 Å². The molecule has 0 fully saturated rings. The highest BCUT2D eigenvalue weighted by molar-refractivity contribution is 7.92. The highest BCUT2D eigenvalue weighted by atomic mass is 32.2. The fraction of sp³-hybridized carbons (Fsp3) is 0.286. The second kappa shape index (κ2) is 7.97. The average molecular weight is 428 g/mol. The summed E-state index contributed by atoms with van der Waals surface area (Å²) in [6.07, 6.45) is 2.41. The number of sulfone groups is 1. The summed E-state index contributed by atoms with van der Waals surface area (Å²) in [4.78, 5) is 26.0. The third-order valence-electron chi connectivity index (χ3n) is 5.29. The molecule has 2 amide bonds. The number of benzene rings is 1. The topological polar surface area (TPSA) is 109 Å². The predicted octanol–water partition coefficient (Wildman–Crippen LogP) is 1.55. The first kappa shape index (κ1) is 21.6. The van der Waals surface area contributed by atoms with Crippen LogP contribution >= 0.6 is 0 Å². The molecule has 157 valence electrons. The summed E-state index contributed by atoms with van der Waals surface area (Å²) in [5.41, 5.74) is 4.56. The lowest BCUT2D eigenvalue weighted by atomic mass is 10.1. The number of nitrogens with zero attached hydrogens (tertiary/aromatic N) is 2. The summed E-state index contributed by atoms with van der Waals surface area (Å²) in [7, 11) is -3.82. The molecule has 1 atom stereocenters. The Morgan fingerprint density at radius 3 is 2.47 bits per heavy atom. The van der Waals surface area contributed by atoms with E-state index in [2.05, 4.69) is 18.8 Å². The van der Waals surface area contributed by atoms with Gasteiger partial charge in [-0.1, -0.05) is 24.0 Å². The number of hydrogen-bond acceptors (Lipinski definition) is 5. The smallest absolute Gasteiger partial charge is 0.318 e. The standard InChI is InChI=1S/C21H22N3O5S/c1-15-4-6-16(7-5-15)8-9-17-12-18-14-23(20(26)24(18)13-17)11-10-21(2,19(25)22-27)30(3,28)29/h4-7,12-13,27H,1,10-11,14H2,2-3H3,(H,22,25). The summed E-state index contributed by atoms with van der Waals surface area (Å²) in [5.74, 6) is 5.03. The van der Waals surface area contributed by atoms with Gasteiger partial charge >= 0.3 is 6.03 Å². The van der Waals surface area contributed by atoms with E-state index in [0.717, 1.165) is 23.1 Å². The van der Waals surface area contributed by atoms with Gasteiger partial charge in [0.15, 0.2) is 14.6 Å². The molecule has 1 aliphatic heterocycles. The van der Waals surface area contributed by atoms with Crippen molar-refractivity contribution in [2.45, 2.75) is 24.6 Å². The first-order valence-corrected chi connectivity index (χ1v) is 11.0. The minimum absolute atomic E-state index is 0.0376. The predicted molar refractivity (Wildman–Crippen MR) is 110 cm³/mol. The second-order valence-electron chi connectivity index (χ2n) is 7.44. The van der Waals surface area contributed by atoms with Crippen LogP contribution in [0.3, 0.4) is 0 Å². The van der Waals surface area contributed by atoms with E-state index in [1.807, 2.05) is 24.3 Å². The van der Waals surface area contributed by atoms with Gasteiger partial charge in [-0.15, -0.1) is 0 Å². The lowest BCUT2D eigenvalue weighted by molar-refractivity contribution is -0.131. The first-order chi connectivity index (χ1) is 14.0. The molecule has 0 saturated carbocycles. The maximum Gasteiger partial charge on any atom is 0.328 e. The van der Waals surface area contributed by atoms with Crippen LogP contribution < -0.4 is 5.48 Å². The van der Waals surface area contributed by atoms with Gasteiger partial charge < -0.3 is 4.90 Å². The van der Waals surface area contributed by atoms with Gasteiger partial charge in [-0.25, -0.2) is 18.7 Å². The number of carbonyl (C=O) groups is 2. The van der Waals surface area contributed by atoms with Gasteiger partial charge in [0, 0.05) is 35.8 Å². The molecule has 3 rings (SSSR count). The lowest BCUT2D eigenvalue weighted by Gasteiger charge is -2.27. The second-order valence-corrected chi connectivity index (χ2v) is 9.88. The van der Waals surface area contributed by atoms with Crippen molar-refractivity contribution < 1.29 is 23.2 Å². The molecule has 1 aromatic carbocycles. The largest absolute Gasteiger partial charge is 0.328 e. The molecular formula is C21H22N3O5S. The van der Waals surface area contributed by atoms with E-state index in [4.69, 9.17) is 5.21 Å². The molecule has 0 saturated heterocycles. The zero-order valence-corrected chi connectivity index (χ0v) is 17.5. The molecule has 1 radical (unpaired) electrons. The van der Waals surface area contributed by atoms with Gasteiger partial charge in [-0.2, -0.15) is 0 Å². The van der Waals surface area contributed by atoms with Gasteiger partial charge in [0.25, 0.3) is 5.91 Å². The number of nitrogens with one attached hydrogen (secondary N) is 1. The van der Waals surface area contributed by atoms with E-state index in [1.54, 1.807) is 12.3 Å². The number of rotatable bonds is 5. The Balaban J connectivity index is 1.71. The molecule has 2 aromatic rings. The summed E-state index contributed by atoms with van der Waals surface area (Å²) in [6.45, 7) is 5.36. The molecule has 8 nitrogen and oxygen atoms in total. The molecule has 0 spiro atoms. The van der Waals surface area contributed by atoms with Gasteiger partial charge in [0.2, 0.25) is 0 Å². The van der Waals surface area contributed by atoms with Crippen molar-refractivity contribution in [1.29, 1.82) is 0 Å². The molecule has 30 heavy (non-hydrogen) atoms. The Morgan fingerprint density at radius 1 is 1.27 bits per heavy atom. The van der Waals surface area contributed by atoms with Crippen LogP contribution in [0, 0.1) is 18.8 Å². The Bertz CT molecular complexity index is 1160. The number of fused-ring (bicyclic) bond motifs is 1. The molecule has 1 aliphatic rings. The quantitative estimate of drug-likeness (QED) is 0.427. The van der Waals surface area contributed by atoms with E-state index in [-0.39, 0.29) is 25.5 Å². The Labute approximate surface area is 175 Å². The molecule has 2 heterocycles. The van der Waals surface area contributed by atoms with Gasteiger partial charge in [-0.3, -0.25) is 14.6 Å². The van der Waals surface area contributed by atoms with Crippen LogP contribution in [0.1, 0.15) is 35.7 Å². The minimum Gasteiger partial charge on any atom is -0.318 e. The van der Waals surface area contributed by atoms with Crippen LogP contribution in [-0.2, 0) is 21.2 Å². The number of hydrogen-bond donors (Lipinski definition) is 2. The van der Waals surface area contributed by atoms with Gasteiger partial charge in [0.1, 0.15) is 0 Å². The van der Waals surface area contributed by atoms with E-state index < -0.39 is 20.5 Å². The van der Waals surface area contributed by atoms with Crippen LogP contribution in [0.2, 0.25) is 0 Å². The van der Waals surface area contributed by atoms with E-state index >= 15 is 0 Å². The average Bonchev–Trinajstić information content (AvgIpc) is 3.22. The van der Waals surface area contributed by atoms with Crippen LogP contribution in [-0.4, -0.2) is 52.6 Å². The van der Waals surface area contributed by atoms with Gasteiger partial charge in [-0.05, 0) is 44.0 Å². The van der Waals surface area contributed by atoms with Crippen molar-refractivity contribution >= 4 is 21.8 Å². The zero-order chi connectivity index (χ0) is 22.1. The molecule has 0 bridgehead atoms. The van der Waals surface area contributed by atoms with Crippen molar-refractivity contribution in [1.82, 2.24) is 14.9 Å². The number of amides is 2. The highest BCUT2D eigenvalue weighted by Gasteiger charge is 2.44. The molecule has 1 aromatic heterocycles.